The fourth-order valence-electron chi connectivity index (χ4n) is 3.34. The van der Waals surface area contributed by atoms with Crippen LogP contribution in [0.1, 0.15) is 44.9 Å². The molecule has 0 aromatic heterocycles. The third-order valence-electron chi connectivity index (χ3n) is 4.90. The predicted molar refractivity (Wildman–Crippen MR) is 78.1 cm³/mol. The average molecular weight is 298 g/mol. The summed E-state index contributed by atoms with van der Waals surface area (Å²) in [6.07, 6.45) is 6.19. The fourth-order valence-corrected chi connectivity index (χ4v) is 3.34. The molecular formula is C15H26N2O4. The van der Waals surface area contributed by atoms with E-state index >= 15 is 0 Å². The Morgan fingerprint density at radius 2 is 1.90 bits per heavy atom. The zero-order valence-corrected chi connectivity index (χ0v) is 12.7. The van der Waals surface area contributed by atoms with Crippen molar-refractivity contribution < 1.29 is 19.4 Å². The molecule has 6 nitrogen and oxygen atoms in total. The summed E-state index contributed by atoms with van der Waals surface area (Å²) in [7, 11) is 1.70. The third kappa shape index (κ3) is 4.33. The van der Waals surface area contributed by atoms with Crippen molar-refractivity contribution in [3.05, 3.63) is 0 Å². The van der Waals surface area contributed by atoms with E-state index in [1.807, 2.05) is 0 Å². The van der Waals surface area contributed by atoms with E-state index in [0.29, 0.717) is 26.0 Å². The molecule has 2 saturated carbocycles. The number of urea groups is 1. The number of carbonyl (C=O) groups is 2. The number of hydrogen-bond acceptors (Lipinski definition) is 3. The first kappa shape index (κ1) is 16.1. The number of rotatable bonds is 6. The van der Waals surface area contributed by atoms with Crippen molar-refractivity contribution in [2.75, 3.05) is 20.3 Å². The molecule has 0 unspecified atom stereocenters. The molecule has 0 saturated heterocycles. The van der Waals surface area contributed by atoms with Crippen LogP contribution in [0.4, 0.5) is 4.79 Å². The van der Waals surface area contributed by atoms with E-state index in [4.69, 9.17) is 9.84 Å². The van der Waals surface area contributed by atoms with Gasteiger partial charge < -0.3 is 20.5 Å². The first-order valence-corrected chi connectivity index (χ1v) is 7.81. The van der Waals surface area contributed by atoms with Gasteiger partial charge in [0.15, 0.2) is 0 Å². The maximum absolute atomic E-state index is 11.9. The number of methoxy groups -OCH3 is 1. The Balaban J connectivity index is 1.67. The molecule has 0 bridgehead atoms. The largest absolute Gasteiger partial charge is 0.481 e. The highest BCUT2D eigenvalue weighted by Crippen LogP contribution is 2.40. The molecule has 0 atom stereocenters. The van der Waals surface area contributed by atoms with Crippen molar-refractivity contribution in [1.82, 2.24) is 10.6 Å². The van der Waals surface area contributed by atoms with Crippen LogP contribution >= 0.6 is 0 Å². The lowest BCUT2D eigenvalue weighted by Crippen LogP contribution is -2.50. The van der Waals surface area contributed by atoms with Crippen LogP contribution in [-0.2, 0) is 9.53 Å². The Labute approximate surface area is 125 Å². The predicted octanol–water partition coefficient (Wildman–Crippen LogP) is 1.75. The summed E-state index contributed by atoms with van der Waals surface area (Å²) in [6, 6.07) is -0.0449. The molecule has 2 rings (SSSR count). The number of hydrogen-bond donors (Lipinski definition) is 3. The van der Waals surface area contributed by atoms with Gasteiger partial charge in [-0.3, -0.25) is 4.79 Å². The lowest BCUT2D eigenvalue weighted by Gasteiger charge is -2.41. The summed E-state index contributed by atoms with van der Waals surface area (Å²) in [5, 5.41) is 14.9. The number of amides is 2. The van der Waals surface area contributed by atoms with E-state index < -0.39 is 5.97 Å². The number of carboxylic acids is 1. The number of ether oxygens (including phenoxy) is 1. The number of carboxylic acid groups (broad SMARTS) is 1. The van der Waals surface area contributed by atoms with Crippen LogP contribution in [0.25, 0.3) is 0 Å². The quantitative estimate of drug-likeness (QED) is 0.697. The normalized spacial score (nSPS) is 27.5. The smallest absolute Gasteiger partial charge is 0.315 e. The highest BCUT2D eigenvalue weighted by molar-refractivity contribution is 5.74. The Bertz CT molecular complexity index is 374. The van der Waals surface area contributed by atoms with Gasteiger partial charge in [-0.05, 0) is 38.5 Å². The van der Waals surface area contributed by atoms with E-state index in [9.17, 15) is 9.59 Å². The zero-order chi connectivity index (χ0) is 15.3. The molecule has 21 heavy (non-hydrogen) atoms. The van der Waals surface area contributed by atoms with Gasteiger partial charge in [-0.2, -0.15) is 0 Å². The van der Waals surface area contributed by atoms with E-state index in [1.165, 1.54) is 6.42 Å². The highest BCUT2D eigenvalue weighted by Gasteiger charge is 2.37. The maximum atomic E-state index is 11.9. The third-order valence-corrected chi connectivity index (χ3v) is 4.90. The lowest BCUT2D eigenvalue weighted by atomic mass is 9.69. The summed E-state index contributed by atoms with van der Waals surface area (Å²) >= 11 is 0. The van der Waals surface area contributed by atoms with E-state index in [1.54, 1.807) is 7.11 Å². The molecule has 120 valence electrons. The SMILES string of the molecule is COCC1(CNC(=O)NC2CCC(C(=O)O)CC2)CCC1. The van der Waals surface area contributed by atoms with Crippen molar-refractivity contribution in [2.45, 2.75) is 51.0 Å². The van der Waals surface area contributed by atoms with Gasteiger partial charge in [-0.1, -0.05) is 6.42 Å². The number of nitrogens with one attached hydrogen (secondary N) is 2. The topological polar surface area (TPSA) is 87.7 Å². The van der Waals surface area contributed by atoms with Crippen molar-refractivity contribution >= 4 is 12.0 Å². The van der Waals surface area contributed by atoms with Crippen LogP contribution in [0.3, 0.4) is 0 Å². The minimum Gasteiger partial charge on any atom is -0.481 e. The summed E-state index contributed by atoms with van der Waals surface area (Å²) in [5.41, 5.74) is 0.118. The fraction of sp³-hybridized carbons (Fsp3) is 0.867. The van der Waals surface area contributed by atoms with Gasteiger partial charge >= 0.3 is 12.0 Å². The Hall–Kier alpha value is -1.30. The van der Waals surface area contributed by atoms with Gasteiger partial charge in [0, 0.05) is 25.1 Å². The van der Waals surface area contributed by atoms with Gasteiger partial charge in [-0.15, -0.1) is 0 Å². The van der Waals surface area contributed by atoms with Gasteiger partial charge in [0.05, 0.1) is 12.5 Å². The van der Waals surface area contributed by atoms with Gasteiger partial charge in [0.2, 0.25) is 0 Å². The van der Waals surface area contributed by atoms with Crippen LogP contribution in [0.5, 0.6) is 0 Å². The van der Waals surface area contributed by atoms with Crippen LogP contribution in [0, 0.1) is 11.3 Å². The monoisotopic (exact) mass is 298 g/mol. The molecule has 2 fully saturated rings. The van der Waals surface area contributed by atoms with E-state index in [0.717, 1.165) is 25.7 Å². The summed E-state index contributed by atoms with van der Waals surface area (Å²) < 4.78 is 5.24. The first-order valence-electron chi connectivity index (χ1n) is 7.81. The second-order valence-electron chi connectivity index (χ2n) is 6.50. The van der Waals surface area contributed by atoms with Gasteiger partial charge in [0.25, 0.3) is 0 Å². The first-order chi connectivity index (χ1) is 10.0. The van der Waals surface area contributed by atoms with Crippen molar-refractivity contribution in [3.8, 4) is 0 Å². The molecule has 0 aromatic carbocycles. The molecule has 2 aliphatic rings. The number of aliphatic carboxylic acids is 1. The Morgan fingerprint density at radius 1 is 1.24 bits per heavy atom. The standard InChI is InChI=1S/C15H26N2O4/c1-21-10-15(7-2-8-15)9-16-14(20)17-12-5-3-11(4-6-12)13(18)19/h11-12H,2-10H2,1H3,(H,18,19)(H2,16,17,20). The van der Waals surface area contributed by atoms with Crippen LogP contribution in [0.2, 0.25) is 0 Å². The molecule has 0 aliphatic heterocycles. The molecule has 2 amide bonds. The second kappa shape index (κ2) is 7.11. The Morgan fingerprint density at radius 3 is 2.38 bits per heavy atom. The number of carbonyl (C=O) groups excluding carboxylic acids is 1. The van der Waals surface area contributed by atoms with Crippen molar-refractivity contribution in [1.29, 1.82) is 0 Å². The highest BCUT2D eigenvalue weighted by atomic mass is 16.5. The van der Waals surface area contributed by atoms with Gasteiger partial charge in [-0.25, -0.2) is 4.79 Å². The molecule has 6 heteroatoms. The second-order valence-corrected chi connectivity index (χ2v) is 6.50. The van der Waals surface area contributed by atoms with Gasteiger partial charge in [0.1, 0.15) is 0 Å². The Kier molecular flexibility index (Phi) is 5.45. The molecule has 2 aliphatic carbocycles. The molecular weight excluding hydrogens is 272 g/mol. The summed E-state index contributed by atoms with van der Waals surface area (Å²) in [4.78, 5) is 22.8. The van der Waals surface area contributed by atoms with Crippen molar-refractivity contribution in [3.63, 3.8) is 0 Å². The zero-order valence-electron chi connectivity index (χ0n) is 12.7. The summed E-state index contributed by atoms with van der Waals surface area (Å²) in [5.74, 6) is -0.963. The van der Waals surface area contributed by atoms with Crippen LogP contribution < -0.4 is 10.6 Å². The molecule has 0 radical (unpaired) electrons. The van der Waals surface area contributed by atoms with E-state index in [2.05, 4.69) is 10.6 Å². The molecule has 0 spiro atoms. The maximum Gasteiger partial charge on any atom is 0.315 e. The van der Waals surface area contributed by atoms with Crippen LogP contribution in [-0.4, -0.2) is 43.4 Å². The average Bonchev–Trinajstić information content (AvgIpc) is 2.42. The summed E-state index contributed by atoms with van der Waals surface area (Å²) in [6.45, 7) is 1.34. The molecule has 3 N–H and O–H groups in total. The minimum atomic E-state index is -0.718. The lowest BCUT2D eigenvalue weighted by molar-refractivity contribution is -0.142. The minimum absolute atomic E-state index is 0.0976. The molecule has 0 heterocycles. The van der Waals surface area contributed by atoms with Crippen LogP contribution in [0.15, 0.2) is 0 Å². The van der Waals surface area contributed by atoms with E-state index in [-0.39, 0.29) is 23.4 Å². The van der Waals surface area contributed by atoms with Crippen molar-refractivity contribution in [2.24, 2.45) is 11.3 Å². The molecule has 0 aromatic rings.